The molecular weight excluding hydrogens is 1710 g/mol. The second-order valence-electron chi connectivity index (χ2n) is 32.8. The molecule has 0 spiro atoms. The Hall–Kier alpha value is -7.67. The van der Waals surface area contributed by atoms with Crippen molar-refractivity contribution in [2.75, 3.05) is 32.6 Å². The standard InChI is InChI=1S/C42H47ClN4O7S2.C33H41ClN4O7S2.C9H9BrO.2ClH/c1-7-26-19-42(26,40(50)46-56(51,52)29-13-14-29)20-35(48)34-17-28(54-38-31-16-27(43)12-15-30(31)36(53-6)21-44-38)22-47(34)39(49)32(41(3,4)5)18-37-45-33(23-55-37)25-10-8-24(2)9-11-25;1-6-18-14-33(18,31(41)37-47(42,43)21-8-9-21)15-26(39)25-12-20(17-38(25)30(40)24(13-28(35)46)32(2,3)4)45-29-23-11-19(34)7-10-22(23)27(44-5)16-36-29;1-7-2-4-8(5-3-7)9(11)6-10;;/h7-12,15-16,21,23,26,28-29,32,34H,1,13-14,17-20,22H2,2-6H3,(H,46,50);6-7,10-11,16,18,20-21,24-25H,1,8-9,12-15,17H2,2-5H3,(H2,35,46)(H,37,41);2-5H,6H2,1H3;2*1H/t26-,28-,32-,34+,42-;18-,20-,24-,25+,33-;;;/m11.../s1. The fourth-order valence-corrected chi connectivity index (χ4v) is 19.5. The zero-order valence-electron chi connectivity index (χ0n) is 66.3. The predicted octanol–water partition coefficient (Wildman–Crippen LogP) is 15.1. The van der Waals surface area contributed by atoms with Crippen molar-refractivity contribution < 1.29 is 69.3 Å². The fraction of sp³-hybridized carbons (Fsp3) is 0.464. The summed E-state index contributed by atoms with van der Waals surface area (Å²) in [6.45, 7) is 23.6. The van der Waals surface area contributed by atoms with Crippen molar-refractivity contribution in [2.24, 2.45) is 51.1 Å². The second kappa shape index (κ2) is 37.3. The summed E-state index contributed by atoms with van der Waals surface area (Å²) < 4.78 is 79.2. The molecule has 116 heavy (non-hydrogen) atoms. The number of likely N-dealkylation sites (tertiary alicyclic amines) is 2. The minimum atomic E-state index is -3.85. The number of rotatable bonds is 29. The molecule has 7 aromatic rings. The number of halogens is 5. The van der Waals surface area contributed by atoms with E-state index in [9.17, 15) is 50.4 Å². The van der Waals surface area contributed by atoms with Gasteiger partial charge >= 0.3 is 0 Å². The highest BCUT2D eigenvalue weighted by atomic mass is 79.9. The third kappa shape index (κ3) is 21.3. The van der Waals surface area contributed by atoms with E-state index in [0.717, 1.165) is 38.2 Å². The van der Waals surface area contributed by atoms with Crippen molar-refractivity contribution in [1.29, 1.82) is 0 Å². The van der Waals surface area contributed by atoms with Crippen LogP contribution in [0.3, 0.4) is 0 Å². The highest BCUT2D eigenvalue weighted by Gasteiger charge is 2.63. The fourth-order valence-electron chi connectivity index (χ4n) is 15.0. The van der Waals surface area contributed by atoms with E-state index in [4.69, 9.17) is 65.1 Å². The zero-order chi connectivity index (χ0) is 82.9. The van der Waals surface area contributed by atoms with Gasteiger partial charge in [-0.25, -0.2) is 31.8 Å². The number of nitrogens with one attached hydrogen (secondary N) is 2. The van der Waals surface area contributed by atoms with Gasteiger partial charge in [-0.1, -0.05) is 165 Å². The van der Waals surface area contributed by atoms with Crippen LogP contribution in [0.15, 0.2) is 128 Å². The van der Waals surface area contributed by atoms with E-state index in [-0.39, 0.29) is 141 Å². The first-order valence-electron chi connectivity index (χ1n) is 37.8. The van der Waals surface area contributed by atoms with Crippen LogP contribution >= 0.6 is 87.5 Å². The molecule has 4 aromatic carbocycles. The van der Waals surface area contributed by atoms with Crippen LogP contribution in [0.5, 0.6) is 23.3 Å². The number of aromatic nitrogens is 3. The first-order valence-corrected chi connectivity index (χ1v) is 44.1. The molecule has 23 nitrogen and oxygen atoms in total. The molecule has 4 aliphatic carbocycles. The summed E-state index contributed by atoms with van der Waals surface area (Å²) in [5.74, 6) is -2.87. The number of ether oxygens (including phenoxy) is 4. The minimum absolute atomic E-state index is 0. The number of nitrogens with two attached hydrogens (primary N) is 1. The molecule has 4 saturated carbocycles. The van der Waals surface area contributed by atoms with Crippen molar-refractivity contribution in [1.82, 2.24) is 34.2 Å². The maximum absolute atomic E-state index is 14.9. The summed E-state index contributed by atoms with van der Waals surface area (Å²) in [4.78, 5) is 113. The number of thiocarbonyl (C=S) groups is 1. The number of methoxy groups -OCH3 is 2. The monoisotopic (exact) mass is 1810 g/mol. The first-order chi connectivity index (χ1) is 53.8. The van der Waals surface area contributed by atoms with Gasteiger partial charge in [0.25, 0.3) is 0 Å². The molecule has 4 amide bonds. The smallest absolute Gasteiger partial charge is 0.240 e. The van der Waals surface area contributed by atoms with E-state index >= 15 is 0 Å². The van der Waals surface area contributed by atoms with E-state index in [1.165, 1.54) is 35.1 Å². The summed E-state index contributed by atoms with van der Waals surface area (Å²) in [7, 11) is -4.59. The van der Waals surface area contributed by atoms with Gasteiger partial charge in [0.15, 0.2) is 17.3 Å². The van der Waals surface area contributed by atoms with Gasteiger partial charge in [-0.15, -0.1) is 49.3 Å². The van der Waals surface area contributed by atoms with Gasteiger partial charge in [-0.05, 0) is 111 Å². The minimum Gasteiger partial charge on any atom is -0.494 e. The molecule has 624 valence electrons. The number of amides is 4. The van der Waals surface area contributed by atoms with E-state index in [2.05, 4.69) is 48.5 Å². The number of alkyl halides is 1. The van der Waals surface area contributed by atoms with Gasteiger partial charge in [-0.3, -0.25) is 43.0 Å². The number of carbonyl (C=O) groups is 7. The van der Waals surface area contributed by atoms with E-state index in [1.807, 2.05) is 115 Å². The Morgan fingerprint density at radius 2 is 1.07 bits per heavy atom. The Morgan fingerprint density at radius 3 is 1.44 bits per heavy atom. The maximum atomic E-state index is 14.9. The lowest BCUT2D eigenvalue weighted by atomic mass is 9.77. The highest BCUT2D eigenvalue weighted by molar-refractivity contribution is 9.09. The van der Waals surface area contributed by atoms with Gasteiger partial charge < -0.3 is 34.5 Å². The number of benzene rings is 4. The van der Waals surface area contributed by atoms with Crippen molar-refractivity contribution in [3.63, 3.8) is 0 Å². The number of nitrogens with zero attached hydrogens (tertiary/aromatic N) is 5. The topological polar surface area (TPSA) is 320 Å². The molecule has 4 N–H and O–H groups in total. The van der Waals surface area contributed by atoms with Crippen LogP contribution in [0.2, 0.25) is 10.0 Å². The first kappa shape index (κ1) is 92.2. The Kier molecular flexibility index (Phi) is 29.7. The molecule has 6 aliphatic rings. The van der Waals surface area contributed by atoms with Crippen LogP contribution in [0.4, 0.5) is 0 Å². The number of Topliss-reactive ketones (excluding diaryl/α,β-unsaturated/α-hetero) is 3. The molecule has 32 heteroatoms. The van der Waals surface area contributed by atoms with Crippen LogP contribution in [0.25, 0.3) is 32.8 Å². The van der Waals surface area contributed by atoms with Crippen molar-refractivity contribution >= 4 is 175 Å². The Labute approximate surface area is 718 Å². The Morgan fingerprint density at radius 1 is 0.655 bits per heavy atom. The third-order valence-corrected chi connectivity index (χ3v) is 28.0. The number of allylic oxidation sites excluding steroid dienone is 2. The Balaban J connectivity index is 0.000000233. The van der Waals surface area contributed by atoms with Gasteiger partial charge in [0.05, 0.1) is 94.1 Å². The molecule has 2 aliphatic heterocycles. The lowest BCUT2D eigenvalue weighted by Crippen LogP contribution is -2.48. The number of hydrogen-bond acceptors (Lipinski definition) is 20. The van der Waals surface area contributed by atoms with Gasteiger partial charge in [-0.2, -0.15) is 0 Å². The number of sulfonamides is 2. The highest BCUT2D eigenvalue weighted by Crippen LogP contribution is 2.59. The van der Waals surface area contributed by atoms with Crippen LogP contribution in [0.1, 0.15) is 139 Å². The van der Waals surface area contributed by atoms with Crippen molar-refractivity contribution in [3.05, 3.63) is 160 Å². The number of hydrogen-bond donors (Lipinski definition) is 3. The summed E-state index contributed by atoms with van der Waals surface area (Å²) in [6.07, 6.45) is 7.78. The number of carbonyl (C=O) groups excluding carboxylic acids is 7. The quantitative estimate of drug-likeness (QED) is 0.0170. The average molecular weight is 1810 g/mol. The number of thiazole rings is 1. The molecule has 0 radical (unpaired) electrons. The summed E-state index contributed by atoms with van der Waals surface area (Å²) in [5.41, 5.74) is 7.23. The van der Waals surface area contributed by atoms with E-state index in [0.29, 0.717) is 69.8 Å². The lowest BCUT2D eigenvalue weighted by Gasteiger charge is -2.35. The molecule has 10 atom stereocenters. The zero-order valence-corrected chi connectivity index (χ0v) is 74.3. The van der Waals surface area contributed by atoms with E-state index < -0.39 is 100 Å². The number of aryl methyl sites for hydroxylation is 2. The summed E-state index contributed by atoms with van der Waals surface area (Å²) >= 11 is 22.5. The van der Waals surface area contributed by atoms with Crippen LogP contribution in [-0.4, -0.2) is 155 Å². The molecule has 13 rings (SSSR count). The predicted molar refractivity (Wildman–Crippen MR) is 464 cm³/mol. The summed E-state index contributed by atoms with van der Waals surface area (Å²) in [6, 6.07) is 24.3. The second-order valence-corrected chi connectivity index (χ2v) is 39.6. The summed E-state index contributed by atoms with van der Waals surface area (Å²) in [5, 5.41) is 5.62. The average Bonchev–Trinajstić information content (AvgIpc) is 1.58. The van der Waals surface area contributed by atoms with Crippen molar-refractivity contribution in [2.45, 2.75) is 167 Å². The van der Waals surface area contributed by atoms with E-state index in [1.54, 1.807) is 60.7 Å². The molecule has 0 bridgehead atoms. The molecule has 6 fully saturated rings. The maximum Gasteiger partial charge on any atom is 0.240 e. The molecular formula is C84H99BrCl4N8O15S4. The molecule has 2 saturated heterocycles. The molecule has 0 unspecified atom stereocenters. The molecule has 5 heterocycles. The number of ketones is 3. The largest absolute Gasteiger partial charge is 0.494 e. The van der Waals surface area contributed by atoms with Crippen molar-refractivity contribution in [3.8, 4) is 34.5 Å². The van der Waals surface area contributed by atoms with Gasteiger partial charge in [0.2, 0.25) is 55.4 Å². The van der Waals surface area contributed by atoms with Crippen LogP contribution < -0.4 is 34.1 Å². The van der Waals surface area contributed by atoms with Crippen LogP contribution in [0, 0.1) is 59.2 Å². The SMILES string of the molecule is C=C[C@@H]1C[C@]1(CC(=O)[C@@H]1C[C@@H](Oc2ncc(OC)c3ccc(Cl)cc23)CN1C(=O)[C@@H](CC(N)=S)C(C)(C)C)C(=O)NS(=O)(=O)C1CC1.C=C[C@@H]1C[C@]1(CC(=O)[C@@H]1C[C@@H](Oc2ncc(OC)c3ccc(Cl)cc23)CN1C(=O)[C@@H](Cc1nc(-c2ccc(C)cc2)cs1)C(C)(C)C)C(=O)NS(=O)(=O)C1CC1.Cc1ccc(C(=O)CBr)cc1.Cl.Cl. The normalized spacial score (nSPS) is 21.9. The lowest BCUT2D eigenvalue weighted by molar-refractivity contribution is -0.144. The third-order valence-electron chi connectivity index (χ3n) is 22.4. The Bertz CT molecular complexity index is 5160. The van der Waals surface area contributed by atoms with Crippen LogP contribution in [-0.2, 0) is 55.2 Å². The number of pyridine rings is 2. The van der Waals surface area contributed by atoms with Gasteiger partial charge in [0, 0.05) is 98.5 Å². The number of fused-ring (bicyclic) bond motifs is 2. The molecule has 3 aromatic heterocycles. The van der Waals surface area contributed by atoms with Gasteiger partial charge in [0.1, 0.15) is 23.7 Å².